The van der Waals surface area contributed by atoms with E-state index in [4.69, 9.17) is 10.5 Å². The van der Waals surface area contributed by atoms with E-state index in [0.717, 1.165) is 33.4 Å². The number of hydrogen-bond acceptors (Lipinski definition) is 4. The standard InChI is InChI=1S/C14H16IN3O/c1-3-4-11-12(15)13(16)18-14(17-11)9-5-7-10(19-2)8-6-9/h5-8H,3-4H2,1-2H3,(H2,16,17,18). The first-order chi connectivity index (χ1) is 9.15. The van der Waals surface area contributed by atoms with Gasteiger partial charge in [-0.25, -0.2) is 9.97 Å². The summed E-state index contributed by atoms with van der Waals surface area (Å²) in [5, 5.41) is 0. The first kappa shape index (κ1) is 14.0. The SMILES string of the molecule is CCCc1nc(-c2ccc(OC)cc2)nc(N)c1I. The number of hydrogen-bond donors (Lipinski definition) is 1. The normalized spacial score (nSPS) is 10.5. The molecule has 4 nitrogen and oxygen atoms in total. The molecule has 0 saturated carbocycles. The van der Waals surface area contributed by atoms with Crippen LogP contribution in [0.5, 0.6) is 5.75 Å². The van der Waals surface area contributed by atoms with Crippen molar-refractivity contribution in [1.82, 2.24) is 9.97 Å². The summed E-state index contributed by atoms with van der Waals surface area (Å²) in [6, 6.07) is 7.67. The summed E-state index contributed by atoms with van der Waals surface area (Å²) in [7, 11) is 1.65. The van der Waals surface area contributed by atoms with Crippen LogP contribution in [0.2, 0.25) is 0 Å². The van der Waals surface area contributed by atoms with Gasteiger partial charge in [0.1, 0.15) is 11.6 Å². The van der Waals surface area contributed by atoms with Crippen LogP contribution >= 0.6 is 22.6 Å². The van der Waals surface area contributed by atoms with Gasteiger partial charge in [0, 0.05) is 5.56 Å². The Labute approximate surface area is 126 Å². The van der Waals surface area contributed by atoms with E-state index < -0.39 is 0 Å². The molecule has 0 saturated heterocycles. The van der Waals surface area contributed by atoms with Crippen molar-refractivity contribution in [3.63, 3.8) is 0 Å². The molecule has 19 heavy (non-hydrogen) atoms. The minimum atomic E-state index is 0.546. The number of nitrogen functional groups attached to an aromatic ring is 1. The summed E-state index contributed by atoms with van der Waals surface area (Å²) in [5.41, 5.74) is 7.92. The number of halogens is 1. The second kappa shape index (κ2) is 6.18. The maximum absolute atomic E-state index is 5.96. The lowest BCUT2D eigenvalue weighted by Gasteiger charge is -2.09. The third-order valence-corrected chi connectivity index (χ3v) is 3.96. The summed E-state index contributed by atoms with van der Waals surface area (Å²) in [5.74, 6) is 2.03. The highest BCUT2D eigenvalue weighted by Gasteiger charge is 2.10. The summed E-state index contributed by atoms with van der Waals surface area (Å²) in [6.45, 7) is 2.13. The molecule has 0 spiro atoms. The Morgan fingerprint density at radius 2 is 1.89 bits per heavy atom. The van der Waals surface area contributed by atoms with Crippen LogP contribution in [0, 0.1) is 3.57 Å². The molecule has 2 aromatic rings. The van der Waals surface area contributed by atoms with Gasteiger partial charge in [0.25, 0.3) is 0 Å². The van der Waals surface area contributed by atoms with E-state index in [9.17, 15) is 0 Å². The number of rotatable bonds is 4. The van der Waals surface area contributed by atoms with E-state index in [0.29, 0.717) is 11.6 Å². The maximum atomic E-state index is 5.96. The lowest BCUT2D eigenvalue weighted by atomic mass is 10.2. The minimum Gasteiger partial charge on any atom is -0.497 e. The van der Waals surface area contributed by atoms with Gasteiger partial charge in [-0.1, -0.05) is 13.3 Å². The molecule has 1 heterocycles. The first-order valence-electron chi connectivity index (χ1n) is 6.12. The zero-order valence-electron chi connectivity index (χ0n) is 11.0. The largest absolute Gasteiger partial charge is 0.497 e. The number of nitrogens with zero attached hydrogens (tertiary/aromatic N) is 2. The summed E-state index contributed by atoms with van der Waals surface area (Å²) in [4.78, 5) is 8.97. The van der Waals surface area contributed by atoms with Gasteiger partial charge in [-0.2, -0.15) is 0 Å². The fourth-order valence-corrected chi connectivity index (χ4v) is 2.30. The van der Waals surface area contributed by atoms with E-state index in [1.54, 1.807) is 7.11 Å². The molecule has 0 unspecified atom stereocenters. The molecule has 5 heteroatoms. The Morgan fingerprint density at radius 3 is 2.47 bits per heavy atom. The summed E-state index contributed by atoms with van der Waals surface area (Å²) >= 11 is 2.21. The Balaban J connectivity index is 2.43. The van der Waals surface area contributed by atoms with Gasteiger partial charge in [-0.05, 0) is 53.3 Å². The molecule has 0 atom stereocenters. The van der Waals surface area contributed by atoms with Crippen LogP contribution < -0.4 is 10.5 Å². The molecule has 0 aliphatic carbocycles. The van der Waals surface area contributed by atoms with Crippen molar-refractivity contribution >= 4 is 28.4 Å². The van der Waals surface area contributed by atoms with Crippen LogP contribution in [0.4, 0.5) is 5.82 Å². The predicted molar refractivity (Wildman–Crippen MR) is 85.1 cm³/mol. The zero-order chi connectivity index (χ0) is 13.8. The molecule has 0 bridgehead atoms. The zero-order valence-corrected chi connectivity index (χ0v) is 13.1. The van der Waals surface area contributed by atoms with Crippen molar-refractivity contribution in [3.05, 3.63) is 33.5 Å². The van der Waals surface area contributed by atoms with Crippen LogP contribution in [-0.4, -0.2) is 17.1 Å². The van der Waals surface area contributed by atoms with Crippen LogP contribution in [0.25, 0.3) is 11.4 Å². The Bertz CT molecular complexity index is 570. The number of nitrogens with two attached hydrogens (primary N) is 1. The predicted octanol–water partition coefficient (Wildman–Crippen LogP) is 3.29. The Kier molecular flexibility index (Phi) is 4.57. The lowest BCUT2D eigenvalue weighted by molar-refractivity contribution is 0.415. The third-order valence-electron chi connectivity index (χ3n) is 2.78. The van der Waals surface area contributed by atoms with Gasteiger partial charge < -0.3 is 10.5 Å². The molecule has 2 rings (SSSR count). The number of ether oxygens (including phenoxy) is 1. The third kappa shape index (κ3) is 3.15. The lowest BCUT2D eigenvalue weighted by Crippen LogP contribution is -2.05. The van der Waals surface area contributed by atoms with Gasteiger partial charge >= 0.3 is 0 Å². The van der Waals surface area contributed by atoms with Gasteiger partial charge in [0.2, 0.25) is 0 Å². The molecule has 100 valence electrons. The molecule has 1 aromatic carbocycles. The van der Waals surface area contributed by atoms with Gasteiger partial charge in [-0.15, -0.1) is 0 Å². The summed E-state index contributed by atoms with van der Waals surface area (Å²) < 4.78 is 6.10. The van der Waals surface area contributed by atoms with Crippen molar-refractivity contribution < 1.29 is 4.74 Å². The molecule has 0 radical (unpaired) electrons. The van der Waals surface area contributed by atoms with Crippen LogP contribution in [0.1, 0.15) is 19.0 Å². The Hall–Kier alpha value is -1.37. The molecular formula is C14H16IN3O. The van der Waals surface area contributed by atoms with Crippen LogP contribution in [0.3, 0.4) is 0 Å². The van der Waals surface area contributed by atoms with E-state index in [1.165, 1.54) is 0 Å². The monoisotopic (exact) mass is 369 g/mol. The average Bonchev–Trinajstić information content (AvgIpc) is 2.44. The topological polar surface area (TPSA) is 61.0 Å². The molecule has 0 aliphatic rings. The number of anilines is 1. The van der Waals surface area contributed by atoms with Gasteiger partial charge in [0.05, 0.1) is 16.4 Å². The van der Waals surface area contributed by atoms with E-state index >= 15 is 0 Å². The maximum Gasteiger partial charge on any atom is 0.161 e. The van der Waals surface area contributed by atoms with Crippen LogP contribution in [0.15, 0.2) is 24.3 Å². The molecular weight excluding hydrogens is 353 g/mol. The number of benzene rings is 1. The molecule has 0 aliphatic heterocycles. The molecule has 1 aromatic heterocycles. The van der Waals surface area contributed by atoms with E-state index in [2.05, 4.69) is 39.5 Å². The number of aryl methyl sites for hydroxylation is 1. The van der Waals surface area contributed by atoms with Gasteiger partial charge in [0.15, 0.2) is 5.82 Å². The molecule has 2 N–H and O–H groups in total. The van der Waals surface area contributed by atoms with Crippen molar-refractivity contribution in [2.45, 2.75) is 19.8 Å². The molecule has 0 amide bonds. The van der Waals surface area contributed by atoms with Crippen LogP contribution in [-0.2, 0) is 6.42 Å². The van der Waals surface area contributed by atoms with Gasteiger partial charge in [-0.3, -0.25) is 0 Å². The van der Waals surface area contributed by atoms with Crippen molar-refractivity contribution in [2.24, 2.45) is 0 Å². The second-order valence-electron chi connectivity index (χ2n) is 4.17. The summed E-state index contributed by atoms with van der Waals surface area (Å²) in [6.07, 6.45) is 1.95. The number of methoxy groups -OCH3 is 1. The fourth-order valence-electron chi connectivity index (χ4n) is 1.78. The van der Waals surface area contributed by atoms with Crippen molar-refractivity contribution in [3.8, 4) is 17.1 Å². The highest BCUT2D eigenvalue weighted by Crippen LogP contribution is 2.24. The smallest absolute Gasteiger partial charge is 0.161 e. The number of aromatic nitrogens is 2. The Morgan fingerprint density at radius 1 is 1.21 bits per heavy atom. The fraction of sp³-hybridized carbons (Fsp3) is 0.286. The van der Waals surface area contributed by atoms with E-state index in [1.807, 2.05) is 24.3 Å². The quantitative estimate of drug-likeness (QED) is 0.841. The highest BCUT2D eigenvalue weighted by atomic mass is 127. The average molecular weight is 369 g/mol. The highest BCUT2D eigenvalue weighted by molar-refractivity contribution is 14.1. The second-order valence-corrected chi connectivity index (χ2v) is 5.25. The molecule has 0 fully saturated rings. The van der Waals surface area contributed by atoms with E-state index in [-0.39, 0.29) is 0 Å². The van der Waals surface area contributed by atoms with Crippen molar-refractivity contribution in [2.75, 3.05) is 12.8 Å². The first-order valence-corrected chi connectivity index (χ1v) is 7.20. The minimum absolute atomic E-state index is 0.546. The van der Waals surface area contributed by atoms with Crippen molar-refractivity contribution in [1.29, 1.82) is 0 Å².